The molecule has 3 aromatic rings. The number of nitrogens with zero attached hydrogens (tertiary/aromatic N) is 2. The minimum atomic E-state index is -0.720. The molecule has 5 nitrogen and oxygen atoms in total. The number of hydrogen-bond donors (Lipinski definition) is 2. The Kier molecular flexibility index (Phi) is 4.91. The number of carbonyl (C=O) groups excluding carboxylic acids is 1. The van der Waals surface area contributed by atoms with E-state index in [1.165, 1.54) is 23.6 Å². The van der Waals surface area contributed by atoms with Crippen molar-refractivity contribution in [3.63, 3.8) is 0 Å². The van der Waals surface area contributed by atoms with E-state index in [-0.39, 0.29) is 27.1 Å². The summed E-state index contributed by atoms with van der Waals surface area (Å²) in [7, 11) is 1.65. The number of thiazole rings is 1. The van der Waals surface area contributed by atoms with Crippen LogP contribution in [0.1, 0.15) is 10.4 Å². The monoisotopic (exact) mass is 380 g/mol. The number of anilines is 2. The molecule has 3 rings (SSSR count). The van der Waals surface area contributed by atoms with E-state index in [4.69, 9.17) is 11.6 Å². The molecule has 0 aliphatic carbocycles. The van der Waals surface area contributed by atoms with Crippen LogP contribution in [-0.2, 0) is 0 Å². The first-order valence-corrected chi connectivity index (χ1v) is 8.30. The first-order chi connectivity index (χ1) is 12.0. The van der Waals surface area contributed by atoms with Crippen molar-refractivity contribution in [1.29, 1.82) is 0 Å². The lowest BCUT2D eigenvalue weighted by atomic mass is 10.1. The summed E-state index contributed by atoms with van der Waals surface area (Å²) in [5.74, 6) is -1.47. The minimum Gasteiger partial charge on any atom is -0.373 e. The summed E-state index contributed by atoms with van der Waals surface area (Å²) in [6.45, 7) is 0. The molecule has 0 aliphatic heterocycles. The summed E-state index contributed by atoms with van der Waals surface area (Å²) >= 11 is 6.93. The molecule has 1 aromatic carbocycles. The predicted octanol–water partition coefficient (Wildman–Crippen LogP) is 4.43. The van der Waals surface area contributed by atoms with Gasteiger partial charge in [0, 0.05) is 18.0 Å². The van der Waals surface area contributed by atoms with E-state index in [1.54, 1.807) is 7.05 Å². The second-order valence-corrected chi connectivity index (χ2v) is 6.15. The molecule has 0 bridgehead atoms. The molecule has 0 saturated heterocycles. The zero-order valence-electron chi connectivity index (χ0n) is 12.8. The van der Waals surface area contributed by atoms with Crippen LogP contribution in [0, 0.1) is 11.6 Å². The number of halogens is 3. The highest BCUT2D eigenvalue weighted by Crippen LogP contribution is 2.29. The van der Waals surface area contributed by atoms with Crippen LogP contribution in [0.3, 0.4) is 0 Å². The molecule has 0 atom stereocenters. The van der Waals surface area contributed by atoms with Crippen molar-refractivity contribution in [2.75, 3.05) is 17.7 Å². The average molecular weight is 381 g/mol. The maximum atomic E-state index is 13.8. The van der Waals surface area contributed by atoms with E-state index in [0.29, 0.717) is 5.82 Å². The Morgan fingerprint density at radius 2 is 1.92 bits per heavy atom. The van der Waals surface area contributed by atoms with Crippen molar-refractivity contribution >= 4 is 39.8 Å². The van der Waals surface area contributed by atoms with Crippen LogP contribution >= 0.6 is 22.9 Å². The Morgan fingerprint density at radius 3 is 2.60 bits per heavy atom. The molecule has 0 radical (unpaired) electrons. The second kappa shape index (κ2) is 7.12. The van der Waals surface area contributed by atoms with E-state index in [2.05, 4.69) is 20.6 Å². The van der Waals surface area contributed by atoms with Gasteiger partial charge in [-0.2, -0.15) is 0 Å². The third-order valence-corrected chi connectivity index (χ3v) is 4.21. The van der Waals surface area contributed by atoms with Crippen molar-refractivity contribution in [1.82, 2.24) is 9.97 Å². The van der Waals surface area contributed by atoms with E-state index in [9.17, 15) is 13.6 Å². The van der Waals surface area contributed by atoms with Crippen molar-refractivity contribution in [3.8, 4) is 11.3 Å². The fourth-order valence-electron chi connectivity index (χ4n) is 2.11. The van der Waals surface area contributed by atoms with Crippen LogP contribution in [-0.4, -0.2) is 22.9 Å². The molecule has 0 fully saturated rings. The summed E-state index contributed by atoms with van der Waals surface area (Å²) < 4.78 is 27.6. The van der Waals surface area contributed by atoms with Crippen molar-refractivity contribution in [2.45, 2.75) is 0 Å². The normalized spacial score (nSPS) is 10.6. The first kappa shape index (κ1) is 17.2. The molecule has 0 aliphatic rings. The van der Waals surface area contributed by atoms with Gasteiger partial charge < -0.3 is 5.32 Å². The van der Waals surface area contributed by atoms with Gasteiger partial charge in [-0.15, -0.1) is 11.3 Å². The van der Waals surface area contributed by atoms with Gasteiger partial charge in [-0.3, -0.25) is 10.1 Å². The Hall–Kier alpha value is -2.58. The van der Waals surface area contributed by atoms with Gasteiger partial charge in [-0.05, 0) is 24.3 Å². The Balaban J connectivity index is 1.84. The molecule has 2 heterocycles. The molecule has 0 unspecified atom stereocenters. The third-order valence-electron chi connectivity index (χ3n) is 3.26. The van der Waals surface area contributed by atoms with Gasteiger partial charge in [0.1, 0.15) is 22.6 Å². The molecule has 2 aromatic heterocycles. The maximum absolute atomic E-state index is 13.8. The molecule has 128 valence electrons. The number of pyridine rings is 1. The summed E-state index contributed by atoms with van der Waals surface area (Å²) in [4.78, 5) is 20.4. The Morgan fingerprint density at radius 1 is 1.20 bits per heavy atom. The smallest absolute Gasteiger partial charge is 0.257 e. The van der Waals surface area contributed by atoms with Gasteiger partial charge in [0.2, 0.25) is 0 Å². The van der Waals surface area contributed by atoms with Crippen LogP contribution in [0.15, 0.2) is 35.7 Å². The van der Waals surface area contributed by atoms with Gasteiger partial charge in [-0.1, -0.05) is 17.7 Å². The highest BCUT2D eigenvalue weighted by molar-refractivity contribution is 7.14. The Bertz CT molecular complexity index is 927. The zero-order valence-corrected chi connectivity index (χ0v) is 14.4. The SMILES string of the molecule is CNc1cc(C(=O)Nc2nc(-c3c(F)cccc3F)cs2)cc(Cl)n1. The number of carbonyl (C=O) groups is 1. The summed E-state index contributed by atoms with van der Waals surface area (Å²) in [6.07, 6.45) is 0. The van der Waals surface area contributed by atoms with Gasteiger partial charge in [0.15, 0.2) is 5.13 Å². The van der Waals surface area contributed by atoms with E-state index >= 15 is 0 Å². The topological polar surface area (TPSA) is 66.9 Å². The number of hydrogen-bond acceptors (Lipinski definition) is 5. The lowest BCUT2D eigenvalue weighted by Crippen LogP contribution is -2.12. The fraction of sp³-hybridized carbons (Fsp3) is 0.0625. The van der Waals surface area contributed by atoms with Crippen LogP contribution in [0.2, 0.25) is 5.15 Å². The van der Waals surface area contributed by atoms with Crippen LogP contribution in [0.5, 0.6) is 0 Å². The number of amides is 1. The number of rotatable bonds is 4. The van der Waals surface area contributed by atoms with Crippen LogP contribution in [0.4, 0.5) is 19.7 Å². The van der Waals surface area contributed by atoms with Gasteiger partial charge in [0.05, 0.1) is 11.3 Å². The number of nitrogens with one attached hydrogen (secondary N) is 2. The fourth-order valence-corrected chi connectivity index (χ4v) is 3.02. The summed E-state index contributed by atoms with van der Waals surface area (Å²) in [6, 6.07) is 6.49. The second-order valence-electron chi connectivity index (χ2n) is 4.90. The van der Waals surface area contributed by atoms with Crippen molar-refractivity contribution < 1.29 is 13.6 Å². The largest absolute Gasteiger partial charge is 0.373 e. The maximum Gasteiger partial charge on any atom is 0.257 e. The average Bonchev–Trinajstić information content (AvgIpc) is 3.02. The van der Waals surface area contributed by atoms with Crippen molar-refractivity contribution in [3.05, 3.63) is 58.1 Å². The lowest BCUT2D eigenvalue weighted by Gasteiger charge is -2.05. The van der Waals surface area contributed by atoms with Gasteiger partial charge in [-0.25, -0.2) is 18.7 Å². The molecule has 0 saturated carbocycles. The number of aromatic nitrogens is 2. The summed E-state index contributed by atoms with van der Waals surface area (Å²) in [5.41, 5.74) is 0.154. The quantitative estimate of drug-likeness (QED) is 0.657. The molecular weight excluding hydrogens is 370 g/mol. The lowest BCUT2D eigenvalue weighted by molar-refractivity contribution is 0.102. The molecular formula is C16H11ClF2N4OS. The first-order valence-electron chi connectivity index (χ1n) is 7.04. The predicted molar refractivity (Wildman–Crippen MR) is 94.2 cm³/mol. The molecule has 1 amide bonds. The number of benzene rings is 1. The third kappa shape index (κ3) is 3.75. The molecule has 0 spiro atoms. The molecule has 2 N–H and O–H groups in total. The van der Waals surface area contributed by atoms with E-state index in [1.807, 2.05) is 0 Å². The van der Waals surface area contributed by atoms with Gasteiger partial charge in [0.25, 0.3) is 5.91 Å². The van der Waals surface area contributed by atoms with Crippen molar-refractivity contribution in [2.24, 2.45) is 0 Å². The standard InChI is InChI=1S/C16H11ClF2N4OS/c1-20-13-6-8(5-12(17)22-13)15(24)23-16-21-11(7-25-16)14-9(18)3-2-4-10(14)19/h2-7H,1H3,(H,20,22)(H,21,23,24). The molecule has 9 heteroatoms. The molecule has 25 heavy (non-hydrogen) atoms. The zero-order chi connectivity index (χ0) is 18.0. The van der Waals surface area contributed by atoms with E-state index in [0.717, 1.165) is 23.5 Å². The van der Waals surface area contributed by atoms with Gasteiger partial charge >= 0.3 is 0 Å². The highest BCUT2D eigenvalue weighted by atomic mass is 35.5. The van der Waals surface area contributed by atoms with Crippen LogP contribution in [0.25, 0.3) is 11.3 Å². The minimum absolute atomic E-state index is 0.111. The summed E-state index contributed by atoms with van der Waals surface area (Å²) in [5, 5.41) is 7.20. The van der Waals surface area contributed by atoms with Crippen LogP contribution < -0.4 is 10.6 Å². The van der Waals surface area contributed by atoms with E-state index < -0.39 is 17.5 Å². The Labute approximate surface area is 150 Å². The highest BCUT2D eigenvalue weighted by Gasteiger charge is 2.16.